The van der Waals surface area contributed by atoms with Crippen LogP contribution in [0.25, 0.3) is 10.9 Å². The van der Waals surface area contributed by atoms with Crippen molar-refractivity contribution in [2.24, 2.45) is 0 Å². The van der Waals surface area contributed by atoms with Crippen LogP contribution >= 0.6 is 0 Å². The molecule has 0 aliphatic carbocycles. The Hall–Kier alpha value is -1.57. The number of pyridine rings is 1. The molecule has 0 aliphatic rings. The summed E-state index contributed by atoms with van der Waals surface area (Å²) in [6.07, 6.45) is 1.77. The molecule has 0 saturated heterocycles. The fourth-order valence-electron chi connectivity index (χ4n) is 1.71. The summed E-state index contributed by atoms with van der Waals surface area (Å²) in [7, 11) is 0. The number of hydrogen-bond donors (Lipinski definition) is 1. The van der Waals surface area contributed by atoms with Crippen molar-refractivity contribution in [3.63, 3.8) is 0 Å². The Bertz CT molecular complexity index is 497. The number of benzene rings is 1. The average molecular weight is 201 g/mol. The minimum Gasteiger partial charge on any atom is -0.508 e. The zero-order chi connectivity index (χ0) is 11.1. The van der Waals surface area contributed by atoms with E-state index in [0.717, 1.165) is 16.5 Å². The SMILES string of the molecule is CC(C)(C)c1cc2ncccc2cc1O. The minimum atomic E-state index is -0.0597. The van der Waals surface area contributed by atoms with E-state index in [4.69, 9.17) is 0 Å². The van der Waals surface area contributed by atoms with Crippen molar-refractivity contribution in [3.05, 3.63) is 36.0 Å². The molecule has 0 bridgehead atoms. The number of aromatic nitrogens is 1. The molecule has 2 rings (SSSR count). The lowest BCUT2D eigenvalue weighted by molar-refractivity contribution is 0.448. The summed E-state index contributed by atoms with van der Waals surface area (Å²) in [6.45, 7) is 6.24. The molecular formula is C13H15NO. The molecule has 0 spiro atoms. The first-order valence-corrected chi connectivity index (χ1v) is 5.07. The summed E-state index contributed by atoms with van der Waals surface area (Å²) in [4.78, 5) is 4.29. The maximum Gasteiger partial charge on any atom is 0.120 e. The van der Waals surface area contributed by atoms with Gasteiger partial charge in [-0.25, -0.2) is 0 Å². The maximum atomic E-state index is 9.92. The maximum absolute atomic E-state index is 9.92. The highest BCUT2D eigenvalue weighted by Crippen LogP contribution is 2.33. The van der Waals surface area contributed by atoms with Crippen LogP contribution in [0.5, 0.6) is 5.75 Å². The van der Waals surface area contributed by atoms with Crippen molar-refractivity contribution < 1.29 is 5.11 Å². The Labute approximate surface area is 89.6 Å². The van der Waals surface area contributed by atoms with Gasteiger partial charge in [0.15, 0.2) is 0 Å². The Morgan fingerprint density at radius 1 is 1.20 bits per heavy atom. The fourth-order valence-corrected chi connectivity index (χ4v) is 1.71. The molecular weight excluding hydrogens is 186 g/mol. The van der Waals surface area contributed by atoms with Crippen LogP contribution in [0.4, 0.5) is 0 Å². The lowest BCUT2D eigenvalue weighted by atomic mass is 9.86. The lowest BCUT2D eigenvalue weighted by Crippen LogP contribution is -2.11. The molecule has 2 nitrogen and oxygen atoms in total. The molecule has 0 fully saturated rings. The van der Waals surface area contributed by atoms with Gasteiger partial charge in [0.25, 0.3) is 0 Å². The van der Waals surface area contributed by atoms with Gasteiger partial charge in [-0.1, -0.05) is 26.8 Å². The smallest absolute Gasteiger partial charge is 0.120 e. The van der Waals surface area contributed by atoms with Gasteiger partial charge in [-0.15, -0.1) is 0 Å². The van der Waals surface area contributed by atoms with E-state index >= 15 is 0 Å². The molecule has 0 aliphatic heterocycles. The first-order valence-electron chi connectivity index (χ1n) is 5.07. The van der Waals surface area contributed by atoms with E-state index in [1.165, 1.54) is 0 Å². The molecule has 0 unspecified atom stereocenters. The van der Waals surface area contributed by atoms with Crippen LogP contribution in [0.3, 0.4) is 0 Å². The van der Waals surface area contributed by atoms with Crippen molar-refractivity contribution in [1.29, 1.82) is 0 Å². The molecule has 78 valence electrons. The fraction of sp³-hybridized carbons (Fsp3) is 0.308. The number of aromatic hydroxyl groups is 1. The molecule has 15 heavy (non-hydrogen) atoms. The molecule has 1 heterocycles. The van der Waals surface area contributed by atoms with Crippen LogP contribution in [0.15, 0.2) is 30.5 Å². The van der Waals surface area contributed by atoms with Crippen molar-refractivity contribution in [2.45, 2.75) is 26.2 Å². The predicted molar refractivity (Wildman–Crippen MR) is 62.1 cm³/mol. The zero-order valence-electron chi connectivity index (χ0n) is 9.28. The number of phenolic OH excluding ortho intramolecular Hbond substituents is 1. The van der Waals surface area contributed by atoms with E-state index in [0.29, 0.717) is 5.75 Å². The summed E-state index contributed by atoms with van der Waals surface area (Å²) in [5.41, 5.74) is 1.81. The molecule has 2 heteroatoms. The standard InChI is InChI=1S/C13H15NO/c1-13(2,3)10-8-11-9(7-12(10)15)5-4-6-14-11/h4-8,15H,1-3H3. The van der Waals surface area contributed by atoms with Gasteiger partial charge in [0.2, 0.25) is 0 Å². The third-order valence-corrected chi connectivity index (χ3v) is 2.53. The first kappa shape index (κ1) is 9.97. The van der Waals surface area contributed by atoms with Gasteiger partial charge in [0.05, 0.1) is 5.52 Å². The highest BCUT2D eigenvalue weighted by molar-refractivity contribution is 5.81. The van der Waals surface area contributed by atoms with Gasteiger partial charge in [-0.05, 0) is 23.6 Å². The van der Waals surface area contributed by atoms with E-state index in [1.807, 2.05) is 18.2 Å². The highest BCUT2D eigenvalue weighted by atomic mass is 16.3. The van der Waals surface area contributed by atoms with E-state index in [1.54, 1.807) is 12.3 Å². The van der Waals surface area contributed by atoms with Crippen LogP contribution in [-0.2, 0) is 5.41 Å². The molecule has 0 amide bonds. The summed E-state index contributed by atoms with van der Waals surface area (Å²) in [5.74, 6) is 0.350. The first-order chi connectivity index (χ1) is 6.98. The normalized spacial score (nSPS) is 11.9. The molecule has 0 atom stereocenters. The van der Waals surface area contributed by atoms with E-state index in [-0.39, 0.29) is 5.41 Å². The number of fused-ring (bicyclic) bond motifs is 1. The summed E-state index contributed by atoms with van der Waals surface area (Å²) >= 11 is 0. The quantitative estimate of drug-likeness (QED) is 0.709. The third kappa shape index (κ3) is 1.80. The van der Waals surface area contributed by atoms with Gasteiger partial charge < -0.3 is 5.11 Å². The monoisotopic (exact) mass is 201 g/mol. The van der Waals surface area contributed by atoms with Gasteiger partial charge in [0, 0.05) is 17.1 Å². The van der Waals surface area contributed by atoms with Crippen molar-refractivity contribution in [2.75, 3.05) is 0 Å². The predicted octanol–water partition coefficient (Wildman–Crippen LogP) is 3.24. The lowest BCUT2D eigenvalue weighted by Gasteiger charge is -2.20. The second-order valence-electron chi connectivity index (χ2n) is 4.82. The number of phenols is 1. The minimum absolute atomic E-state index is 0.0597. The Morgan fingerprint density at radius 3 is 2.60 bits per heavy atom. The van der Waals surface area contributed by atoms with Gasteiger partial charge in [-0.2, -0.15) is 0 Å². The van der Waals surface area contributed by atoms with Gasteiger partial charge >= 0.3 is 0 Å². The highest BCUT2D eigenvalue weighted by Gasteiger charge is 2.18. The topological polar surface area (TPSA) is 33.1 Å². The number of rotatable bonds is 0. The molecule has 0 radical (unpaired) electrons. The third-order valence-electron chi connectivity index (χ3n) is 2.53. The van der Waals surface area contributed by atoms with E-state index < -0.39 is 0 Å². The molecule has 1 aromatic heterocycles. The largest absolute Gasteiger partial charge is 0.508 e. The second-order valence-corrected chi connectivity index (χ2v) is 4.82. The van der Waals surface area contributed by atoms with Crippen LogP contribution in [0.1, 0.15) is 26.3 Å². The van der Waals surface area contributed by atoms with Crippen molar-refractivity contribution in [3.8, 4) is 5.75 Å². The van der Waals surface area contributed by atoms with E-state index in [2.05, 4.69) is 25.8 Å². The van der Waals surface area contributed by atoms with Crippen LogP contribution in [0, 0.1) is 0 Å². The molecule has 1 aromatic carbocycles. The van der Waals surface area contributed by atoms with Crippen LogP contribution in [0.2, 0.25) is 0 Å². The molecule has 0 saturated carbocycles. The van der Waals surface area contributed by atoms with Gasteiger partial charge in [0.1, 0.15) is 5.75 Å². The summed E-state index contributed by atoms with van der Waals surface area (Å²) in [5, 5.41) is 10.9. The Kier molecular flexibility index (Phi) is 2.14. The second kappa shape index (κ2) is 3.23. The van der Waals surface area contributed by atoms with Crippen LogP contribution in [-0.4, -0.2) is 10.1 Å². The van der Waals surface area contributed by atoms with Crippen molar-refractivity contribution >= 4 is 10.9 Å². The van der Waals surface area contributed by atoms with Crippen LogP contribution < -0.4 is 0 Å². The summed E-state index contributed by atoms with van der Waals surface area (Å²) in [6, 6.07) is 7.57. The summed E-state index contributed by atoms with van der Waals surface area (Å²) < 4.78 is 0. The van der Waals surface area contributed by atoms with Crippen molar-refractivity contribution in [1.82, 2.24) is 4.98 Å². The number of nitrogens with zero attached hydrogens (tertiary/aromatic N) is 1. The molecule has 1 N–H and O–H groups in total. The Morgan fingerprint density at radius 2 is 1.93 bits per heavy atom. The average Bonchev–Trinajstić information content (AvgIpc) is 2.15. The molecule has 2 aromatic rings. The van der Waals surface area contributed by atoms with Gasteiger partial charge in [-0.3, -0.25) is 4.98 Å². The van der Waals surface area contributed by atoms with E-state index in [9.17, 15) is 5.11 Å². The zero-order valence-corrected chi connectivity index (χ0v) is 9.28. The number of hydrogen-bond acceptors (Lipinski definition) is 2. The Balaban J connectivity index is 2.73.